The van der Waals surface area contributed by atoms with E-state index in [2.05, 4.69) is 26.0 Å². The Balaban J connectivity index is 1.57. The van der Waals surface area contributed by atoms with Crippen molar-refractivity contribution in [2.24, 2.45) is 23.7 Å². The highest BCUT2D eigenvalue weighted by atomic mass is 16.5. The summed E-state index contributed by atoms with van der Waals surface area (Å²) in [4.78, 5) is 0. The SMILES string of the molecule is CC/C=C\COCC1CCC([C@H]2CC[C@H](COCC)CC2)CC1. The fourth-order valence-electron chi connectivity index (χ4n) is 4.47. The second-order valence-corrected chi connectivity index (χ2v) is 7.64. The van der Waals surface area contributed by atoms with E-state index in [1.54, 1.807) is 0 Å². The molecule has 0 aliphatic heterocycles. The Bertz CT molecular complexity index is 310. The van der Waals surface area contributed by atoms with E-state index in [0.717, 1.165) is 56.5 Å². The molecule has 0 aromatic carbocycles. The molecular weight excluding hydrogens is 284 g/mol. The fraction of sp³-hybridized carbons (Fsp3) is 0.905. The monoisotopic (exact) mass is 322 g/mol. The molecule has 0 aromatic heterocycles. The Morgan fingerprint density at radius 2 is 1.22 bits per heavy atom. The van der Waals surface area contributed by atoms with Gasteiger partial charge in [-0.05, 0) is 88.4 Å². The van der Waals surface area contributed by atoms with E-state index in [1.165, 1.54) is 51.4 Å². The lowest BCUT2D eigenvalue weighted by molar-refractivity contribution is 0.0595. The maximum atomic E-state index is 5.81. The van der Waals surface area contributed by atoms with Crippen molar-refractivity contribution < 1.29 is 9.47 Å². The molecule has 0 N–H and O–H groups in total. The number of allylic oxidation sites excluding steroid dienone is 1. The lowest BCUT2D eigenvalue weighted by Gasteiger charge is -2.37. The van der Waals surface area contributed by atoms with E-state index in [9.17, 15) is 0 Å². The summed E-state index contributed by atoms with van der Waals surface area (Å²) in [7, 11) is 0. The van der Waals surface area contributed by atoms with Crippen LogP contribution < -0.4 is 0 Å². The number of rotatable bonds is 9. The normalized spacial score (nSPS) is 32.4. The van der Waals surface area contributed by atoms with Crippen molar-refractivity contribution >= 4 is 0 Å². The van der Waals surface area contributed by atoms with Gasteiger partial charge in [-0.25, -0.2) is 0 Å². The summed E-state index contributed by atoms with van der Waals surface area (Å²) >= 11 is 0. The van der Waals surface area contributed by atoms with E-state index >= 15 is 0 Å². The van der Waals surface area contributed by atoms with Gasteiger partial charge in [0.25, 0.3) is 0 Å². The molecule has 2 saturated carbocycles. The van der Waals surface area contributed by atoms with Gasteiger partial charge >= 0.3 is 0 Å². The van der Waals surface area contributed by atoms with Crippen LogP contribution in [-0.2, 0) is 9.47 Å². The standard InChI is InChI=1S/C21H38O2/c1-3-5-6-15-23-17-19-9-13-21(14-10-19)20-11-7-18(8-12-20)16-22-4-2/h5-6,18-21H,3-4,7-17H2,1-2H3/b6-5-/t18-,19?,20-,21?. The molecule has 0 spiro atoms. The lowest BCUT2D eigenvalue weighted by atomic mass is 9.69. The highest BCUT2D eigenvalue weighted by Crippen LogP contribution is 2.41. The van der Waals surface area contributed by atoms with Crippen LogP contribution in [0.2, 0.25) is 0 Å². The Hall–Kier alpha value is -0.340. The molecule has 0 heterocycles. The molecule has 0 aromatic rings. The van der Waals surface area contributed by atoms with Crippen LogP contribution >= 0.6 is 0 Å². The fourth-order valence-corrected chi connectivity index (χ4v) is 4.47. The van der Waals surface area contributed by atoms with Gasteiger partial charge in [-0.15, -0.1) is 0 Å². The van der Waals surface area contributed by atoms with Gasteiger partial charge in [0.05, 0.1) is 6.61 Å². The summed E-state index contributed by atoms with van der Waals surface area (Å²) < 4.78 is 11.4. The van der Waals surface area contributed by atoms with Gasteiger partial charge in [0, 0.05) is 19.8 Å². The van der Waals surface area contributed by atoms with E-state index in [4.69, 9.17) is 9.47 Å². The van der Waals surface area contributed by atoms with Crippen LogP contribution in [0, 0.1) is 23.7 Å². The van der Waals surface area contributed by atoms with Gasteiger partial charge < -0.3 is 9.47 Å². The van der Waals surface area contributed by atoms with Crippen LogP contribution in [0.1, 0.15) is 71.6 Å². The van der Waals surface area contributed by atoms with Crippen molar-refractivity contribution in [1.82, 2.24) is 0 Å². The summed E-state index contributed by atoms with van der Waals surface area (Å²) in [6, 6.07) is 0. The molecule has 2 aliphatic carbocycles. The minimum Gasteiger partial charge on any atom is -0.381 e. The van der Waals surface area contributed by atoms with Crippen molar-refractivity contribution in [1.29, 1.82) is 0 Å². The van der Waals surface area contributed by atoms with Gasteiger partial charge in [-0.2, -0.15) is 0 Å². The maximum absolute atomic E-state index is 5.81. The predicted octanol–water partition coefficient (Wildman–Crippen LogP) is 5.62. The largest absolute Gasteiger partial charge is 0.381 e. The van der Waals surface area contributed by atoms with E-state index in [-0.39, 0.29) is 0 Å². The first kappa shape index (κ1) is 19.0. The van der Waals surface area contributed by atoms with Crippen molar-refractivity contribution in [2.45, 2.75) is 71.6 Å². The molecule has 134 valence electrons. The van der Waals surface area contributed by atoms with Gasteiger partial charge in [0.1, 0.15) is 0 Å². The van der Waals surface area contributed by atoms with Crippen LogP contribution in [0.15, 0.2) is 12.2 Å². The molecule has 0 amide bonds. The van der Waals surface area contributed by atoms with E-state index in [1.807, 2.05) is 0 Å². The highest BCUT2D eigenvalue weighted by Gasteiger charge is 2.30. The van der Waals surface area contributed by atoms with Gasteiger partial charge in [0.2, 0.25) is 0 Å². The van der Waals surface area contributed by atoms with Crippen molar-refractivity contribution in [3.05, 3.63) is 12.2 Å². The van der Waals surface area contributed by atoms with Crippen molar-refractivity contribution in [2.75, 3.05) is 26.4 Å². The molecule has 2 rings (SSSR count). The topological polar surface area (TPSA) is 18.5 Å². The van der Waals surface area contributed by atoms with Crippen molar-refractivity contribution in [3.63, 3.8) is 0 Å². The predicted molar refractivity (Wildman–Crippen MR) is 97.6 cm³/mol. The average Bonchev–Trinajstić information content (AvgIpc) is 2.61. The second-order valence-electron chi connectivity index (χ2n) is 7.64. The Kier molecular flexibility index (Phi) is 9.29. The maximum Gasteiger partial charge on any atom is 0.0647 e. The minimum atomic E-state index is 0.803. The summed E-state index contributed by atoms with van der Waals surface area (Å²) in [6.45, 7) is 7.93. The molecular formula is C21H38O2. The number of hydrogen-bond acceptors (Lipinski definition) is 2. The highest BCUT2D eigenvalue weighted by molar-refractivity contribution is 4.83. The number of hydrogen-bond donors (Lipinski definition) is 0. The summed E-state index contributed by atoms with van der Waals surface area (Å²) in [6.07, 6.45) is 16.8. The minimum absolute atomic E-state index is 0.803. The van der Waals surface area contributed by atoms with Gasteiger partial charge in [-0.1, -0.05) is 19.1 Å². The Morgan fingerprint density at radius 3 is 1.70 bits per heavy atom. The molecule has 0 saturated heterocycles. The van der Waals surface area contributed by atoms with Crippen LogP contribution in [0.25, 0.3) is 0 Å². The molecule has 0 atom stereocenters. The third kappa shape index (κ3) is 6.97. The molecule has 2 nitrogen and oxygen atoms in total. The summed E-state index contributed by atoms with van der Waals surface area (Å²) in [5.41, 5.74) is 0. The Labute approximate surface area is 144 Å². The molecule has 23 heavy (non-hydrogen) atoms. The van der Waals surface area contributed by atoms with E-state index < -0.39 is 0 Å². The third-order valence-corrected chi connectivity index (χ3v) is 5.98. The first-order valence-electron chi connectivity index (χ1n) is 10.1. The van der Waals surface area contributed by atoms with Crippen LogP contribution in [0.5, 0.6) is 0 Å². The zero-order valence-corrected chi connectivity index (χ0v) is 15.5. The average molecular weight is 323 g/mol. The van der Waals surface area contributed by atoms with E-state index in [0.29, 0.717) is 0 Å². The molecule has 0 bridgehead atoms. The zero-order chi connectivity index (χ0) is 16.3. The first-order valence-corrected chi connectivity index (χ1v) is 10.1. The summed E-state index contributed by atoms with van der Waals surface area (Å²) in [5, 5.41) is 0. The first-order chi connectivity index (χ1) is 11.3. The van der Waals surface area contributed by atoms with Crippen LogP contribution in [0.3, 0.4) is 0 Å². The Morgan fingerprint density at radius 1 is 0.696 bits per heavy atom. The quantitative estimate of drug-likeness (QED) is 0.405. The second kappa shape index (κ2) is 11.3. The molecule has 0 radical (unpaired) electrons. The lowest BCUT2D eigenvalue weighted by Crippen LogP contribution is -2.28. The molecule has 2 aliphatic rings. The third-order valence-electron chi connectivity index (χ3n) is 5.98. The molecule has 2 heteroatoms. The summed E-state index contributed by atoms with van der Waals surface area (Å²) in [5.74, 6) is 3.66. The van der Waals surface area contributed by atoms with Crippen LogP contribution in [0.4, 0.5) is 0 Å². The van der Waals surface area contributed by atoms with Crippen LogP contribution in [-0.4, -0.2) is 26.4 Å². The van der Waals surface area contributed by atoms with Crippen molar-refractivity contribution in [3.8, 4) is 0 Å². The van der Waals surface area contributed by atoms with Gasteiger partial charge in [0.15, 0.2) is 0 Å². The number of ether oxygens (including phenoxy) is 2. The zero-order valence-electron chi connectivity index (χ0n) is 15.5. The van der Waals surface area contributed by atoms with Gasteiger partial charge in [-0.3, -0.25) is 0 Å². The molecule has 2 fully saturated rings. The molecule has 0 unspecified atom stereocenters. The smallest absolute Gasteiger partial charge is 0.0647 e.